The van der Waals surface area contributed by atoms with Crippen molar-refractivity contribution in [2.45, 2.75) is 68.4 Å². The summed E-state index contributed by atoms with van der Waals surface area (Å²) < 4.78 is 24.2. The Morgan fingerprint density at radius 2 is 2.00 bits per heavy atom. The maximum absolute atomic E-state index is 11.6. The normalized spacial score (nSPS) is 28.5. The van der Waals surface area contributed by atoms with Gasteiger partial charge in [0.2, 0.25) is 5.28 Å². The molecule has 2 fully saturated rings. The zero-order valence-electron chi connectivity index (χ0n) is 17.9. The van der Waals surface area contributed by atoms with Crippen molar-refractivity contribution in [2.24, 2.45) is 0 Å². The molecule has 2 aromatic heterocycles. The number of halogens is 1. The van der Waals surface area contributed by atoms with E-state index in [2.05, 4.69) is 15.4 Å². The molecule has 6 N–H and O–H groups in total. The quantitative estimate of drug-likeness (QED) is 0.279. The Bertz CT molecular complexity index is 1040. The van der Waals surface area contributed by atoms with E-state index in [4.69, 9.17) is 21.1 Å². The van der Waals surface area contributed by atoms with Gasteiger partial charge in [0.1, 0.15) is 29.9 Å². The van der Waals surface area contributed by atoms with Gasteiger partial charge in [-0.1, -0.05) is 12.8 Å². The highest BCUT2D eigenvalue weighted by Crippen LogP contribution is 2.51. The third kappa shape index (κ3) is 4.77. The maximum atomic E-state index is 11.6. The van der Waals surface area contributed by atoms with Crippen molar-refractivity contribution in [3.05, 3.63) is 23.1 Å². The molecule has 0 bridgehead atoms. The summed E-state index contributed by atoms with van der Waals surface area (Å²) in [6.45, 7) is -0.354. The van der Waals surface area contributed by atoms with E-state index < -0.39 is 50.6 Å². The van der Waals surface area contributed by atoms with Crippen LogP contribution in [0, 0.1) is 0 Å². The predicted octanol–water partition coefficient (Wildman–Crippen LogP) is 0.802. The molecule has 1 saturated carbocycles. The molecule has 0 amide bonds. The molecule has 1 saturated heterocycles. The Hall–Kier alpha value is -1.34. The van der Waals surface area contributed by atoms with E-state index in [1.54, 1.807) is 12.1 Å². The van der Waals surface area contributed by atoms with E-state index in [1.165, 1.54) is 4.52 Å². The Kier molecular flexibility index (Phi) is 7.03. The first-order chi connectivity index (χ1) is 15.5. The number of hydrogen-bond acceptors (Lipinski definition) is 9. The monoisotopic (exact) mass is 506 g/mol. The molecule has 12 nitrogen and oxygen atoms in total. The number of fused-ring (bicyclic) bond motifs is 1. The highest BCUT2D eigenvalue weighted by Gasteiger charge is 2.48. The molecule has 2 aromatic rings. The van der Waals surface area contributed by atoms with Crippen LogP contribution in [0.4, 0.5) is 5.82 Å². The largest absolute Gasteiger partial charge is 0.393 e. The van der Waals surface area contributed by atoms with Crippen molar-refractivity contribution in [1.82, 2.24) is 14.6 Å². The lowest BCUT2D eigenvalue weighted by Crippen LogP contribution is -2.39. The fourth-order valence-electron chi connectivity index (χ4n) is 4.19. The third-order valence-electron chi connectivity index (χ3n) is 6.33. The highest BCUT2D eigenvalue weighted by atomic mass is 35.5. The molecule has 0 unspecified atom stereocenters. The third-order valence-corrected chi connectivity index (χ3v) is 7.99. The number of rotatable bonds is 8. The first-order valence-corrected chi connectivity index (χ1v) is 12.7. The second kappa shape index (κ2) is 9.37. The number of nitrogens with one attached hydrogen (secondary N) is 1. The minimum absolute atomic E-state index is 0.00581. The summed E-state index contributed by atoms with van der Waals surface area (Å²) in [5.74, 6) is 0.557. The minimum Gasteiger partial charge on any atom is -0.393 e. The molecule has 14 heteroatoms. The van der Waals surface area contributed by atoms with Gasteiger partial charge in [0.15, 0.2) is 11.2 Å². The van der Waals surface area contributed by atoms with E-state index in [1.807, 2.05) is 0 Å². The highest BCUT2D eigenvalue weighted by molar-refractivity contribution is 7.53. The molecule has 2 aliphatic rings. The number of aromatic nitrogens is 3. The van der Waals surface area contributed by atoms with Gasteiger partial charge in [0, 0.05) is 6.04 Å². The van der Waals surface area contributed by atoms with Crippen molar-refractivity contribution >= 4 is 30.5 Å². The van der Waals surface area contributed by atoms with E-state index in [9.17, 15) is 29.7 Å². The molecule has 184 valence electrons. The maximum Gasteiger partial charge on any atom is 0.359 e. The van der Waals surface area contributed by atoms with E-state index >= 15 is 0 Å². The van der Waals surface area contributed by atoms with Crippen molar-refractivity contribution in [2.75, 3.05) is 18.5 Å². The molecule has 0 aromatic carbocycles. The minimum atomic E-state index is -4.81. The van der Waals surface area contributed by atoms with Crippen molar-refractivity contribution in [3.8, 4) is 0 Å². The van der Waals surface area contributed by atoms with Crippen LogP contribution in [0.1, 0.15) is 44.4 Å². The summed E-state index contributed by atoms with van der Waals surface area (Å²) in [7, 11) is -4.81. The van der Waals surface area contributed by atoms with Crippen LogP contribution in [0.5, 0.6) is 0 Å². The van der Waals surface area contributed by atoms with Crippen molar-refractivity contribution in [1.29, 1.82) is 0 Å². The summed E-state index contributed by atoms with van der Waals surface area (Å²) in [4.78, 5) is 23.2. The van der Waals surface area contributed by atoms with Gasteiger partial charge in [-0.05, 0) is 43.5 Å². The molecular formula is C19H28ClN4O8P. The molecule has 1 aliphatic carbocycles. The van der Waals surface area contributed by atoms with E-state index in [-0.39, 0.29) is 11.3 Å². The first-order valence-electron chi connectivity index (χ1n) is 10.7. The Morgan fingerprint density at radius 1 is 1.30 bits per heavy atom. The summed E-state index contributed by atoms with van der Waals surface area (Å²) in [6.07, 6.45) is -0.569. The summed E-state index contributed by atoms with van der Waals surface area (Å²) in [5, 5.41) is 35.9. The number of nitrogens with zero attached hydrogens (tertiary/aromatic N) is 3. The number of aliphatic hydroxyl groups is 3. The fraction of sp³-hybridized carbons (Fsp3) is 0.684. The van der Waals surface area contributed by atoms with Gasteiger partial charge in [-0.2, -0.15) is 4.98 Å². The standard InChI is InChI=1S/C19H28ClN4O8P/c1-19(9-25,33(28,29)30)31-8-13-14(26)15(27)16(32-13)11-6-7-12-17(21-10-4-2-3-5-10)22-18(20)23-24(11)12/h6-7,10,13-16,25-27H,2-5,8-9H2,1H3,(H,21,22,23)(H2,28,29,30)/t13-,14-,15-,16+,19-/m1/s1. The molecular weight excluding hydrogens is 479 g/mol. The Labute approximate surface area is 194 Å². The Balaban J connectivity index is 1.56. The number of anilines is 1. The Morgan fingerprint density at radius 3 is 2.64 bits per heavy atom. The average Bonchev–Trinajstić information content (AvgIpc) is 3.47. The zero-order chi connectivity index (χ0) is 24.0. The fourth-order valence-corrected chi connectivity index (χ4v) is 4.78. The second-order valence-electron chi connectivity index (χ2n) is 8.67. The second-order valence-corrected chi connectivity index (χ2v) is 11.0. The van der Waals surface area contributed by atoms with Crippen LogP contribution in [0.25, 0.3) is 5.52 Å². The zero-order valence-corrected chi connectivity index (χ0v) is 19.6. The van der Waals surface area contributed by atoms with Gasteiger partial charge in [-0.15, -0.1) is 5.10 Å². The average molecular weight is 507 g/mol. The summed E-state index contributed by atoms with van der Waals surface area (Å²) >= 11 is 6.14. The smallest absolute Gasteiger partial charge is 0.359 e. The lowest BCUT2D eigenvalue weighted by Gasteiger charge is -2.30. The molecule has 0 radical (unpaired) electrons. The van der Waals surface area contributed by atoms with E-state index in [0.29, 0.717) is 17.0 Å². The first kappa shape index (κ1) is 24.8. The van der Waals surface area contributed by atoms with Crippen LogP contribution < -0.4 is 5.32 Å². The molecule has 5 atom stereocenters. The molecule has 33 heavy (non-hydrogen) atoms. The van der Waals surface area contributed by atoms with Crippen molar-refractivity contribution in [3.63, 3.8) is 0 Å². The molecule has 0 spiro atoms. The van der Waals surface area contributed by atoms with Crippen LogP contribution in [-0.4, -0.2) is 82.6 Å². The van der Waals surface area contributed by atoms with Crippen LogP contribution in [0.2, 0.25) is 5.28 Å². The van der Waals surface area contributed by atoms with Crippen LogP contribution in [0.3, 0.4) is 0 Å². The van der Waals surface area contributed by atoms with Crippen LogP contribution in [-0.2, 0) is 14.0 Å². The number of hydrogen-bond donors (Lipinski definition) is 6. The molecule has 3 heterocycles. The molecule has 1 aliphatic heterocycles. The van der Waals surface area contributed by atoms with Gasteiger partial charge < -0.3 is 39.9 Å². The molecule has 4 rings (SSSR count). The van der Waals surface area contributed by atoms with Crippen LogP contribution in [0.15, 0.2) is 12.1 Å². The lowest BCUT2D eigenvalue weighted by atomic mass is 10.1. The van der Waals surface area contributed by atoms with Crippen LogP contribution >= 0.6 is 19.2 Å². The van der Waals surface area contributed by atoms with Crippen molar-refractivity contribution < 1.29 is 39.1 Å². The lowest BCUT2D eigenvalue weighted by molar-refractivity contribution is -0.0936. The topological polar surface area (TPSA) is 179 Å². The van der Waals surface area contributed by atoms with Gasteiger partial charge >= 0.3 is 7.60 Å². The summed E-state index contributed by atoms with van der Waals surface area (Å²) in [6, 6.07) is 3.72. The number of aliphatic hydroxyl groups excluding tert-OH is 3. The van der Waals surface area contributed by atoms with E-state index in [0.717, 1.165) is 32.6 Å². The predicted molar refractivity (Wildman–Crippen MR) is 117 cm³/mol. The SMILES string of the molecule is C[C@@](CO)(OC[C@H]1O[C@@H](c2ccc3c(NC4CCCC4)nc(Cl)nn23)[C@H](O)[C@@H]1O)P(=O)(O)O. The number of ether oxygens (including phenoxy) is 2. The van der Waals surface area contributed by atoms with Gasteiger partial charge in [-0.3, -0.25) is 4.57 Å². The summed E-state index contributed by atoms with van der Waals surface area (Å²) in [5.41, 5.74) is 1.04. The van der Waals surface area contributed by atoms with Gasteiger partial charge in [0.05, 0.1) is 18.9 Å². The van der Waals surface area contributed by atoms with Gasteiger partial charge in [0.25, 0.3) is 0 Å². The van der Waals surface area contributed by atoms with Gasteiger partial charge in [-0.25, -0.2) is 4.52 Å².